The highest BCUT2D eigenvalue weighted by atomic mass is 79.9. The van der Waals surface area contributed by atoms with Gasteiger partial charge in [0.2, 0.25) is 9.84 Å². The first-order chi connectivity index (χ1) is 12.0. The highest BCUT2D eigenvalue weighted by molar-refractivity contribution is 9.10. The quantitative estimate of drug-likeness (QED) is 0.363. The van der Waals surface area contributed by atoms with Gasteiger partial charge < -0.3 is 0 Å². The molecule has 0 aliphatic carbocycles. The average molecular weight is 415 g/mol. The summed E-state index contributed by atoms with van der Waals surface area (Å²) in [5.74, 6) is 0. The largest absolute Gasteiger partial charge is 0.218 e. The van der Waals surface area contributed by atoms with E-state index in [4.69, 9.17) is 0 Å². The molecule has 4 rings (SSSR count). The van der Waals surface area contributed by atoms with E-state index in [1.165, 1.54) is 6.42 Å². The summed E-state index contributed by atoms with van der Waals surface area (Å²) in [7, 11) is -3.40. The summed E-state index contributed by atoms with van der Waals surface area (Å²) in [6.45, 7) is 4.25. The fraction of sp³-hybridized carbons (Fsp3) is 0.143. The zero-order valence-corrected chi connectivity index (χ0v) is 16.6. The van der Waals surface area contributed by atoms with Gasteiger partial charge in [-0.25, -0.2) is 8.42 Å². The molecule has 0 spiro atoms. The molecule has 0 aromatic heterocycles. The van der Waals surface area contributed by atoms with Crippen molar-refractivity contribution in [2.24, 2.45) is 0 Å². The van der Waals surface area contributed by atoms with Gasteiger partial charge in [0.25, 0.3) is 0 Å². The molecule has 0 atom stereocenters. The molecule has 0 fully saturated rings. The van der Waals surface area contributed by atoms with Gasteiger partial charge in [-0.3, -0.25) is 0 Å². The van der Waals surface area contributed by atoms with Crippen LogP contribution in [-0.2, 0) is 9.84 Å². The van der Waals surface area contributed by atoms with Gasteiger partial charge >= 0.3 is 0 Å². The minimum Gasteiger partial charge on any atom is -0.218 e. The first-order valence-electron chi connectivity index (χ1n) is 8.23. The van der Waals surface area contributed by atoms with Crippen LogP contribution in [0.1, 0.15) is 20.3 Å². The van der Waals surface area contributed by atoms with Gasteiger partial charge in [-0.1, -0.05) is 72.6 Å². The van der Waals surface area contributed by atoms with Crippen molar-refractivity contribution in [1.29, 1.82) is 0 Å². The summed E-state index contributed by atoms with van der Waals surface area (Å²) in [4.78, 5) is 0.774. The molecule has 128 valence electrons. The Morgan fingerprint density at radius 3 is 1.96 bits per heavy atom. The van der Waals surface area contributed by atoms with Gasteiger partial charge in [-0.2, -0.15) is 0 Å². The molecule has 2 nitrogen and oxygen atoms in total. The second-order valence-corrected chi connectivity index (χ2v) is 8.73. The Morgan fingerprint density at radius 1 is 0.760 bits per heavy atom. The molecule has 1 aliphatic heterocycles. The van der Waals surface area contributed by atoms with E-state index in [2.05, 4.69) is 29.8 Å². The zero-order valence-electron chi connectivity index (χ0n) is 14.2. The van der Waals surface area contributed by atoms with Gasteiger partial charge in [-0.05, 0) is 41.5 Å². The highest BCUT2D eigenvalue weighted by Gasteiger charge is 2.33. The summed E-state index contributed by atoms with van der Waals surface area (Å²) in [6, 6.07) is 20.8. The molecule has 0 saturated heterocycles. The smallest absolute Gasteiger partial charge is 0.207 e. The minimum atomic E-state index is -3.40. The highest BCUT2D eigenvalue weighted by Crippen LogP contribution is 2.45. The molecule has 25 heavy (non-hydrogen) atoms. The van der Waals surface area contributed by atoms with E-state index in [-0.39, 0.29) is 0 Å². The van der Waals surface area contributed by atoms with E-state index in [0.29, 0.717) is 9.79 Å². The molecule has 1 heterocycles. The van der Waals surface area contributed by atoms with Crippen LogP contribution >= 0.6 is 15.9 Å². The first-order valence-corrected chi connectivity index (χ1v) is 10.5. The molecule has 3 aromatic rings. The van der Waals surface area contributed by atoms with Crippen LogP contribution in [-0.4, -0.2) is 8.42 Å². The van der Waals surface area contributed by atoms with Crippen LogP contribution in [0.4, 0.5) is 0 Å². The lowest BCUT2D eigenvalue weighted by atomic mass is 9.99. The first kappa shape index (κ1) is 17.9. The van der Waals surface area contributed by atoms with Crippen molar-refractivity contribution in [3.8, 4) is 22.3 Å². The van der Waals surface area contributed by atoms with Crippen LogP contribution in [0.3, 0.4) is 0 Å². The molecule has 0 bridgehead atoms. The van der Waals surface area contributed by atoms with Crippen LogP contribution in [0.5, 0.6) is 0 Å². The van der Waals surface area contributed by atoms with Gasteiger partial charge in [0.05, 0.1) is 9.79 Å². The van der Waals surface area contributed by atoms with Gasteiger partial charge in [0, 0.05) is 15.6 Å². The number of sulfone groups is 1. The van der Waals surface area contributed by atoms with Crippen molar-refractivity contribution >= 4 is 25.8 Å². The second-order valence-electron chi connectivity index (χ2n) is 5.93. The standard InChI is InChI=1S/C18H11BrO2S.C3H8/c19-14-7-9-18-16(11-14)15-10-13(12-4-2-1-3-5-12)6-8-17(15)22(18,20)21;1-3-2/h1-11H;3H2,1-2H3. The third kappa shape index (κ3) is 3.29. The third-order valence-electron chi connectivity index (χ3n) is 3.90. The van der Waals surface area contributed by atoms with E-state index in [9.17, 15) is 8.42 Å². The summed E-state index contributed by atoms with van der Waals surface area (Å²) < 4.78 is 26.1. The molecule has 0 unspecified atom stereocenters. The van der Waals surface area contributed by atoms with Crippen molar-refractivity contribution in [1.82, 2.24) is 0 Å². The number of hydrogen-bond acceptors (Lipinski definition) is 2. The van der Waals surface area contributed by atoms with Crippen LogP contribution < -0.4 is 0 Å². The Bertz CT molecular complexity index is 1010. The lowest BCUT2D eigenvalue weighted by Crippen LogP contribution is -1.96. The summed E-state index contributed by atoms with van der Waals surface area (Å²) in [5.41, 5.74) is 3.63. The zero-order chi connectivity index (χ0) is 18.0. The molecule has 0 radical (unpaired) electrons. The Hall–Kier alpha value is -1.91. The lowest BCUT2D eigenvalue weighted by Gasteiger charge is -2.05. The fourth-order valence-corrected chi connectivity index (χ4v) is 4.86. The van der Waals surface area contributed by atoms with Crippen LogP contribution in [0.15, 0.2) is 81.0 Å². The number of benzene rings is 3. The van der Waals surface area contributed by atoms with Gasteiger partial charge in [-0.15, -0.1) is 0 Å². The molecule has 0 amide bonds. The van der Waals surface area contributed by atoms with E-state index < -0.39 is 9.84 Å². The minimum absolute atomic E-state index is 0.385. The van der Waals surface area contributed by atoms with Crippen molar-refractivity contribution in [2.75, 3.05) is 0 Å². The SMILES string of the molecule is CCC.O=S1(=O)c2ccc(Br)cc2-c2cc(-c3ccccc3)ccc21. The molecular formula is C21H19BrO2S. The lowest BCUT2D eigenvalue weighted by molar-refractivity contribution is 0.598. The van der Waals surface area contributed by atoms with E-state index >= 15 is 0 Å². The maximum Gasteiger partial charge on any atom is 0.207 e. The predicted molar refractivity (Wildman–Crippen MR) is 106 cm³/mol. The van der Waals surface area contributed by atoms with Crippen LogP contribution in [0.25, 0.3) is 22.3 Å². The monoisotopic (exact) mass is 414 g/mol. The average Bonchev–Trinajstić information content (AvgIpc) is 2.83. The number of halogens is 1. The molecule has 3 aromatic carbocycles. The van der Waals surface area contributed by atoms with Gasteiger partial charge in [0.15, 0.2) is 0 Å². The topological polar surface area (TPSA) is 34.1 Å². The Labute approximate surface area is 157 Å². The molecule has 0 saturated carbocycles. The maximum absolute atomic E-state index is 12.6. The summed E-state index contributed by atoms with van der Waals surface area (Å²) >= 11 is 3.42. The molecular weight excluding hydrogens is 396 g/mol. The second kappa shape index (κ2) is 7.14. The van der Waals surface area contributed by atoms with E-state index in [1.54, 1.807) is 18.2 Å². The van der Waals surface area contributed by atoms with Crippen molar-refractivity contribution < 1.29 is 8.42 Å². The third-order valence-corrected chi connectivity index (χ3v) is 6.26. The fourth-order valence-electron chi connectivity index (χ4n) is 2.85. The van der Waals surface area contributed by atoms with Crippen molar-refractivity contribution in [2.45, 2.75) is 30.1 Å². The molecule has 0 N–H and O–H groups in total. The Balaban J connectivity index is 0.000000569. The molecule has 1 aliphatic rings. The number of fused-ring (bicyclic) bond motifs is 3. The normalized spacial score (nSPS) is 13.4. The van der Waals surface area contributed by atoms with E-state index in [0.717, 1.165) is 26.7 Å². The van der Waals surface area contributed by atoms with E-state index in [1.807, 2.05) is 48.5 Å². The van der Waals surface area contributed by atoms with Crippen LogP contribution in [0.2, 0.25) is 0 Å². The van der Waals surface area contributed by atoms with Crippen molar-refractivity contribution in [3.05, 3.63) is 71.2 Å². The number of hydrogen-bond donors (Lipinski definition) is 0. The maximum atomic E-state index is 12.6. The predicted octanol–water partition coefficient (Wildman–Crippen LogP) is 6.35. The Morgan fingerprint density at radius 2 is 1.32 bits per heavy atom. The summed E-state index contributed by atoms with van der Waals surface area (Å²) in [6.07, 6.45) is 1.25. The van der Waals surface area contributed by atoms with Crippen molar-refractivity contribution in [3.63, 3.8) is 0 Å². The van der Waals surface area contributed by atoms with Crippen LogP contribution in [0, 0.1) is 0 Å². The molecule has 4 heteroatoms. The Kier molecular flexibility index (Phi) is 5.11. The number of rotatable bonds is 1. The van der Waals surface area contributed by atoms with Gasteiger partial charge in [0.1, 0.15) is 0 Å². The summed E-state index contributed by atoms with van der Waals surface area (Å²) in [5, 5.41) is 0.